The monoisotopic (exact) mass is 286 g/mol. The molecule has 0 saturated heterocycles. The van der Waals surface area contributed by atoms with Crippen molar-refractivity contribution in [2.24, 2.45) is 0 Å². The third-order valence-electron chi connectivity index (χ3n) is 3.34. The molecule has 2 aromatic rings. The number of nitrogens with zero attached hydrogens (tertiary/aromatic N) is 4. The average Bonchev–Trinajstić information content (AvgIpc) is 3.16. The number of hydrogen-bond acceptors (Lipinski definition) is 6. The first-order valence-corrected chi connectivity index (χ1v) is 7.71. The van der Waals surface area contributed by atoms with Gasteiger partial charge in [-0.1, -0.05) is 18.0 Å². The van der Waals surface area contributed by atoms with Crippen molar-refractivity contribution in [3.05, 3.63) is 29.8 Å². The predicted octanol–water partition coefficient (Wildman–Crippen LogP) is 3.18. The van der Waals surface area contributed by atoms with E-state index in [1.165, 1.54) is 25.7 Å². The minimum Gasteiger partial charge on any atom is -0.334 e. The lowest BCUT2D eigenvalue weighted by Gasteiger charge is -2.04. The minimum absolute atomic E-state index is 0.350. The Balaban J connectivity index is 1.68. The van der Waals surface area contributed by atoms with Crippen LogP contribution in [0.5, 0.6) is 0 Å². The Hall–Kier alpha value is -1.87. The Morgan fingerprint density at radius 3 is 3.05 bits per heavy atom. The Bertz CT molecular complexity index is 628. The summed E-state index contributed by atoms with van der Waals surface area (Å²) >= 11 is 1.90. The van der Waals surface area contributed by atoms with Crippen LogP contribution >= 0.6 is 11.8 Å². The standard InChI is InChI=1S/C14H14N4OS/c15-8-11-7-10(5-6-16-11)14-17-13(18-19-14)9-20-12-3-1-2-4-12/h5-7,12H,1-4,9H2. The first kappa shape index (κ1) is 13.1. The van der Waals surface area contributed by atoms with Crippen LogP contribution in [0.2, 0.25) is 0 Å². The van der Waals surface area contributed by atoms with E-state index in [0.717, 1.165) is 16.6 Å². The molecule has 1 saturated carbocycles. The number of pyridine rings is 1. The van der Waals surface area contributed by atoms with Gasteiger partial charge in [0.25, 0.3) is 5.89 Å². The van der Waals surface area contributed by atoms with Crippen molar-refractivity contribution in [1.29, 1.82) is 5.26 Å². The summed E-state index contributed by atoms with van der Waals surface area (Å²) in [4.78, 5) is 8.30. The summed E-state index contributed by atoms with van der Waals surface area (Å²) in [6, 6.07) is 5.42. The van der Waals surface area contributed by atoms with Crippen LogP contribution in [0.25, 0.3) is 11.5 Å². The minimum atomic E-state index is 0.350. The number of hydrogen-bond donors (Lipinski definition) is 0. The molecule has 2 heterocycles. The van der Waals surface area contributed by atoms with Crippen LogP contribution in [0.3, 0.4) is 0 Å². The van der Waals surface area contributed by atoms with Crippen molar-refractivity contribution in [2.45, 2.75) is 36.7 Å². The summed E-state index contributed by atoms with van der Waals surface area (Å²) in [7, 11) is 0. The number of aromatic nitrogens is 3. The normalized spacial score (nSPS) is 15.3. The van der Waals surface area contributed by atoms with Gasteiger partial charge in [0.2, 0.25) is 0 Å². The maximum atomic E-state index is 8.84. The molecule has 0 N–H and O–H groups in total. The van der Waals surface area contributed by atoms with Gasteiger partial charge < -0.3 is 4.52 Å². The molecule has 2 aromatic heterocycles. The van der Waals surface area contributed by atoms with Gasteiger partial charge in [0.1, 0.15) is 11.8 Å². The zero-order chi connectivity index (χ0) is 13.8. The molecule has 0 atom stereocenters. The molecule has 6 heteroatoms. The van der Waals surface area contributed by atoms with Crippen LogP contribution < -0.4 is 0 Å². The molecule has 0 radical (unpaired) electrons. The van der Waals surface area contributed by atoms with E-state index in [1.807, 2.05) is 17.8 Å². The van der Waals surface area contributed by atoms with Crippen molar-refractivity contribution in [1.82, 2.24) is 15.1 Å². The van der Waals surface area contributed by atoms with Crippen molar-refractivity contribution < 1.29 is 4.52 Å². The van der Waals surface area contributed by atoms with Gasteiger partial charge in [0.15, 0.2) is 5.82 Å². The highest BCUT2D eigenvalue weighted by Crippen LogP contribution is 2.31. The van der Waals surface area contributed by atoms with Gasteiger partial charge in [0, 0.05) is 17.0 Å². The summed E-state index contributed by atoms with van der Waals surface area (Å²) in [5.41, 5.74) is 1.09. The lowest BCUT2D eigenvalue weighted by molar-refractivity contribution is 0.425. The van der Waals surface area contributed by atoms with Crippen LogP contribution in [0, 0.1) is 11.3 Å². The summed E-state index contributed by atoms with van der Waals surface area (Å²) in [5, 5.41) is 13.6. The zero-order valence-corrected chi connectivity index (χ0v) is 11.8. The molecule has 1 aliphatic rings. The molecule has 1 fully saturated rings. The Kier molecular flexibility index (Phi) is 3.97. The molecule has 5 nitrogen and oxygen atoms in total. The maximum Gasteiger partial charge on any atom is 0.258 e. The molecule has 3 rings (SSSR count). The Labute approximate surface area is 121 Å². The first-order valence-electron chi connectivity index (χ1n) is 6.66. The fourth-order valence-corrected chi connectivity index (χ4v) is 3.47. The molecule has 0 bridgehead atoms. The van der Waals surface area contributed by atoms with Gasteiger partial charge in [-0.2, -0.15) is 22.0 Å². The molecule has 0 unspecified atom stereocenters. The van der Waals surface area contributed by atoms with E-state index in [0.29, 0.717) is 17.4 Å². The van der Waals surface area contributed by atoms with E-state index in [9.17, 15) is 0 Å². The third kappa shape index (κ3) is 2.99. The first-order chi connectivity index (χ1) is 9.85. The molecule has 102 valence electrons. The number of rotatable bonds is 4. The van der Waals surface area contributed by atoms with Crippen LogP contribution in [0.15, 0.2) is 22.9 Å². The summed E-state index contributed by atoms with van der Waals surface area (Å²) in [5.74, 6) is 1.95. The fourth-order valence-electron chi connectivity index (χ4n) is 2.30. The highest BCUT2D eigenvalue weighted by atomic mass is 32.2. The average molecular weight is 286 g/mol. The second kappa shape index (κ2) is 6.06. The quantitative estimate of drug-likeness (QED) is 0.859. The summed E-state index contributed by atoms with van der Waals surface area (Å²) in [6.45, 7) is 0. The second-order valence-electron chi connectivity index (χ2n) is 4.77. The number of nitriles is 1. The predicted molar refractivity (Wildman–Crippen MR) is 75.8 cm³/mol. The zero-order valence-electron chi connectivity index (χ0n) is 11.0. The largest absolute Gasteiger partial charge is 0.334 e. The Morgan fingerprint density at radius 1 is 1.40 bits per heavy atom. The van der Waals surface area contributed by atoms with Crippen LogP contribution in [0.1, 0.15) is 37.2 Å². The van der Waals surface area contributed by atoms with Gasteiger partial charge in [-0.15, -0.1) is 0 Å². The maximum absolute atomic E-state index is 8.84. The molecular formula is C14H14N4OS. The number of thioether (sulfide) groups is 1. The van der Waals surface area contributed by atoms with Crippen molar-refractivity contribution in [3.63, 3.8) is 0 Å². The third-order valence-corrected chi connectivity index (χ3v) is 4.71. The summed E-state index contributed by atoms with van der Waals surface area (Å²) in [6.07, 6.45) is 6.84. The SMILES string of the molecule is N#Cc1cc(-c2nc(CSC3CCCC3)no2)ccn1. The van der Waals surface area contributed by atoms with Crippen LogP contribution in [-0.4, -0.2) is 20.4 Å². The topological polar surface area (TPSA) is 75.6 Å². The van der Waals surface area contributed by atoms with E-state index >= 15 is 0 Å². The molecule has 0 aromatic carbocycles. The van der Waals surface area contributed by atoms with E-state index in [2.05, 4.69) is 15.1 Å². The van der Waals surface area contributed by atoms with E-state index in [1.54, 1.807) is 18.3 Å². The molecule has 0 amide bonds. The molecule has 0 aliphatic heterocycles. The van der Waals surface area contributed by atoms with Gasteiger partial charge in [-0.3, -0.25) is 0 Å². The molecule has 20 heavy (non-hydrogen) atoms. The molecular weight excluding hydrogens is 272 g/mol. The Morgan fingerprint density at radius 2 is 2.25 bits per heavy atom. The van der Waals surface area contributed by atoms with E-state index in [-0.39, 0.29) is 0 Å². The van der Waals surface area contributed by atoms with Crippen LogP contribution in [0.4, 0.5) is 0 Å². The van der Waals surface area contributed by atoms with Gasteiger partial charge in [0.05, 0.1) is 5.75 Å². The summed E-state index contributed by atoms with van der Waals surface area (Å²) < 4.78 is 5.25. The van der Waals surface area contributed by atoms with Gasteiger partial charge >= 0.3 is 0 Å². The van der Waals surface area contributed by atoms with Crippen LogP contribution in [-0.2, 0) is 5.75 Å². The lowest BCUT2D eigenvalue weighted by Crippen LogP contribution is -1.95. The van der Waals surface area contributed by atoms with E-state index in [4.69, 9.17) is 9.78 Å². The highest BCUT2D eigenvalue weighted by molar-refractivity contribution is 7.99. The van der Waals surface area contributed by atoms with Gasteiger partial charge in [-0.25, -0.2) is 4.98 Å². The van der Waals surface area contributed by atoms with Crippen molar-refractivity contribution in [2.75, 3.05) is 0 Å². The molecule has 0 spiro atoms. The fraction of sp³-hybridized carbons (Fsp3) is 0.429. The highest BCUT2D eigenvalue weighted by Gasteiger charge is 2.17. The van der Waals surface area contributed by atoms with E-state index < -0.39 is 0 Å². The molecule has 1 aliphatic carbocycles. The second-order valence-corrected chi connectivity index (χ2v) is 6.06. The van der Waals surface area contributed by atoms with Crippen molar-refractivity contribution in [3.8, 4) is 17.5 Å². The smallest absolute Gasteiger partial charge is 0.258 e. The lowest BCUT2D eigenvalue weighted by atomic mass is 10.2. The van der Waals surface area contributed by atoms with Crippen molar-refractivity contribution >= 4 is 11.8 Å². The van der Waals surface area contributed by atoms with Gasteiger partial charge in [-0.05, 0) is 25.0 Å².